The van der Waals surface area contributed by atoms with Crippen LogP contribution in [0.25, 0.3) is 0 Å². The fourth-order valence-corrected chi connectivity index (χ4v) is 6.14. The second-order valence-corrected chi connectivity index (χ2v) is 12.2. The third-order valence-electron chi connectivity index (χ3n) is 7.60. The van der Waals surface area contributed by atoms with Gasteiger partial charge in [-0.15, -0.1) is 0 Å². The van der Waals surface area contributed by atoms with E-state index in [0.717, 1.165) is 47.4 Å². The molecule has 0 atom stereocenters. The normalized spacial score (nSPS) is 21.2. The molecule has 0 saturated heterocycles. The summed E-state index contributed by atoms with van der Waals surface area (Å²) in [5.41, 5.74) is 4.27. The van der Waals surface area contributed by atoms with Crippen molar-refractivity contribution >= 4 is 11.6 Å². The van der Waals surface area contributed by atoms with Crippen LogP contribution in [0.4, 0.5) is 0 Å². The Bertz CT molecular complexity index is 1070. The van der Waals surface area contributed by atoms with Crippen LogP contribution in [0, 0.1) is 10.8 Å². The number of carbonyl (C=O) groups excluding carboxylic acids is 2. The summed E-state index contributed by atoms with van der Waals surface area (Å²) in [5, 5.41) is 0. The van der Waals surface area contributed by atoms with Crippen LogP contribution < -0.4 is 9.47 Å². The van der Waals surface area contributed by atoms with E-state index in [2.05, 4.69) is 39.5 Å². The molecule has 3 aliphatic rings. The highest BCUT2D eigenvalue weighted by Gasteiger charge is 2.49. The monoisotopic (exact) mass is 509 g/mol. The molecule has 1 aromatic carbocycles. The molecule has 4 rings (SSSR count). The van der Waals surface area contributed by atoms with E-state index in [1.165, 1.54) is 0 Å². The van der Waals surface area contributed by atoms with Crippen molar-refractivity contribution in [2.75, 3.05) is 33.5 Å². The van der Waals surface area contributed by atoms with Crippen LogP contribution in [0.15, 0.2) is 40.7 Å². The van der Waals surface area contributed by atoms with E-state index in [9.17, 15) is 9.59 Å². The van der Waals surface area contributed by atoms with Gasteiger partial charge in [0.05, 0.1) is 19.8 Å². The molecule has 0 spiro atoms. The fraction of sp³-hybridized carbons (Fsp3) is 0.613. The summed E-state index contributed by atoms with van der Waals surface area (Å²) in [6, 6.07) is 5.93. The van der Waals surface area contributed by atoms with Gasteiger partial charge in [-0.2, -0.15) is 0 Å². The Morgan fingerprint density at radius 2 is 1.43 bits per heavy atom. The maximum Gasteiger partial charge on any atom is 0.162 e. The highest BCUT2D eigenvalue weighted by Crippen LogP contribution is 2.54. The second-order valence-electron chi connectivity index (χ2n) is 12.2. The number of hydrogen-bond acceptors (Lipinski definition) is 6. The molecule has 0 N–H and O–H groups in total. The van der Waals surface area contributed by atoms with Crippen LogP contribution in [0.3, 0.4) is 0 Å². The molecule has 0 radical (unpaired) electrons. The molecule has 202 valence electrons. The minimum Gasteiger partial charge on any atom is -0.490 e. The molecule has 0 saturated carbocycles. The third-order valence-corrected chi connectivity index (χ3v) is 7.60. The van der Waals surface area contributed by atoms with Crippen molar-refractivity contribution < 1.29 is 23.8 Å². The molecule has 1 aliphatic heterocycles. The SMILES string of the molecule is CCCOc1ccc(C2C3=C(CC(C)(C)CC3=O)N(CCOC)C3=C2C(=O)CC(C)(C)C3)cc1OCC. The number of allylic oxidation sites excluding steroid dienone is 4. The maximum atomic E-state index is 13.9. The molecule has 1 aromatic rings. The minimum absolute atomic E-state index is 0.132. The first kappa shape index (κ1) is 27.4. The molecule has 6 heteroatoms. The summed E-state index contributed by atoms with van der Waals surface area (Å²) in [4.78, 5) is 30.0. The van der Waals surface area contributed by atoms with E-state index in [0.29, 0.717) is 50.7 Å². The largest absolute Gasteiger partial charge is 0.490 e. The second kappa shape index (κ2) is 10.6. The zero-order chi connectivity index (χ0) is 27.0. The van der Waals surface area contributed by atoms with Crippen LogP contribution in [0.5, 0.6) is 11.5 Å². The van der Waals surface area contributed by atoms with Crippen molar-refractivity contribution in [2.24, 2.45) is 10.8 Å². The molecule has 0 aromatic heterocycles. The van der Waals surface area contributed by atoms with Crippen molar-refractivity contribution in [3.63, 3.8) is 0 Å². The quantitative estimate of drug-likeness (QED) is 0.395. The molecule has 2 aliphatic carbocycles. The molecule has 1 heterocycles. The van der Waals surface area contributed by atoms with Crippen LogP contribution in [0.1, 0.15) is 85.1 Å². The first-order chi connectivity index (χ1) is 17.5. The highest BCUT2D eigenvalue weighted by molar-refractivity contribution is 6.06. The topological polar surface area (TPSA) is 65.1 Å². The summed E-state index contributed by atoms with van der Waals surface area (Å²) in [6.45, 7) is 14.9. The van der Waals surface area contributed by atoms with Gasteiger partial charge in [-0.3, -0.25) is 9.59 Å². The molecule has 0 bridgehead atoms. The van der Waals surface area contributed by atoms with Crippen LogP contribution >= 0.6 is 0 Å². The summed E-state index contributed by atoms with van der Waals surface area (Å²) in [6.07, 6.45) is 3.41. The Balaban J connectivity index is 1.94. The number of carbonyl (C=O) groups is 2. The Morgan fingerprint density at radius 1 is 0.838 bits per heavy atom. The first-order valence-electron chi connectivity index (χ1n) is 13.7. The van der Waals surface area contributed by atoms with Crippen molar-refractivity contribution in [3.05, 3.63) is 46.3 Å². The maximum absolute atomic E-state index is 13.9. The van der Waals surface area contributed by atoms with Gasteiger partial charge in [-0.1, -0.05) is 40.7 Å². The molecular weight excluding hydrogens is 466 g/mol. The van der Waals surface area contributed by atoms with Crippen molar-refractivity contribution in [3.8, 4) is 11.5 Å². The third kappa shape index (κ3) is 5.50. The van der Waals surface area contributed by atoms with Gasteiger partial charge in [0.15, 0.2) is 23.1 Å². The lowest BCUT2D eigenvalue weighted by Crippen LogP contribution is -2.45. The molecule has 37 heavy (non-hydrogen) atoms. The molecule has 6 nitrogen and oxygen atoms in total. The van der Waals surface area contributed by atoms with Crippen LogP contribution in [-0.2, 0) is 14.3 Å². The van der Waals surface area contributed by atoms with E-state index in [1.807, 2.05) is 25.1 Å². The van der Waals surface area contributed by atoms with E-state index < -0.39 is 5.92 Å². The predicted molar refractivity (Wildman–Crippen MR) is 145 cm³/mol. The average Bonchev–Trinajstić information content (AvgIpc) is 2.80. The average molecular weight is 510 g/mol. The van der Waals surface area contributed by atoms with Crippen LogP contribution in [0.2, 0.25) is 0 Å². The molecular formula is C31H43NO5. The summed E-state index contributed by atoms with van der Waals surface area (Å²) >= 11 is 0. The molecule has 0 amide bonds. The number of ketones is 2. The fourth-order valence-electron chi connectivity index (χ4n) is 6.14. The number of rotatable bonds is 9. The number of benzene rings is 1. The standard InChI is InChI=1S/C31H43NO5/c1-8-13-37-25-11-10-20(15-26(25)36-9-2)27-28-21(16-30(3,4)18-23(28)33)32(12-14-35-7)22-17-31(5,6)19-24(34)29(22)27/h10-11,15,27H,8-9,12-14,16-19H2,1-7H3. The van der Waals surface area contributed by atoms with Gasteiger partial charge in [0.1, 0.15) is 0 Å². The van der Waals surface area contributed by atoms with E-state index in [-0.39, 0.29) is 22.4 Å². The van der Waals surface area contributed by atoms with Crippen LogP contribution in [-0.4, -0.2) is 49.9 Å². The van der Waals surface area contributed by atoms with Gasteiger partial charge in [-0.05, 0) is 54.7 Å². The smallest absolute Gasteiger partial charge is 0.162 e. The van der Waals surface area contributed by atoms with Gasteiger partial charge >= 0.3 is 0 Å². The zero-order valence-corrected chi connectivity index (χ0v) is 23.7. The first-order valence-corrected chi connectivity index (χ1v) is 13.7. The van der Waals surface area contributed by atoms with E-state index in [4.69, 9.17) is 14.2 Å². The number of hydrogen-bond donors (Lipinski definition) is 0. The summed E-state index contributed by atoms with van der Waals surface area (Å²) < 4.78 is 17.4. The van der Waals surface area contributed by atoms with Gasteiger partial charge in [0.25, 0.3) is 0 Å². The summed E-state index contributed by atoms with van der Waals surface area (Å²) in [5.74, 6) is 1.22. The highest BCUT2D eigenvalue weighted by atomic mass is 16.5. The Morgan fingerprint density at radius 3 is 1.95 bits per heavy atom. The van der Waals surface area contributed by atoms with Crippen molar-refractivity contribution in [2.45, 2.75) is 79.6 Å². The lowest BCUT2D eigenvalue weighted by Gasteiger charge is -2.49. The summed E-state index contributed by atoms with van der Waals surface area (Å²) in [7, 11) is 1.70. The Kier molecular flexibility index (Phi) is 7.89. The predicted octanol–water partition coefficient (Wildman–Crippen LogP) is 6.21. The van der Waals surface area contributed by atoms with Gasteiger partial charge < -0.3 is 19.1 Å². The number of Topliss-reactive ketones (excluding diaryl/α,β-unsaturated/α-hetero) is 2. The van der Waals surface area contributed by atoms with Crippen molar-refractivity contribution in [1.29, 1.82) is 0 Å². The molecule has 0 fully saturated rings. The van der Waals surface area contributed by atoms with Gasteiger partial charge in [0.2, 0.25) is 0 Å². The number of nitrogens with zero attached hydrogens (tertiary/aromatic N) is 1. The number of ether oxygens (including phenoxy) is 3. The van der Waals surface area contributed by atoms with Gasteiger partial charge in [-0.25, -0.2) is 0 Å². The minimum atomic E-state index is -0.393. The van der Waals surface area contributed by atoms with E-state index in [1.54, 1.807) is 7.11 Å². The van der Waals surface area contributed by atoms with Gasteiger partial charge in [0, 0.05) is 55.0 Å². The lowest BCUT2D eigenvalue weighted by atomic mass is 9.63. The van der Waals surface area contributed by atoms with E-state index >= 15 is 0 Å². The Hall–Kier alpha value is -2.60. The molecule has 0 unspecified atom stereocenters. The van der Waals surface area contributed by atoms with Crippen molar-refractivity contribution in [1.82, 2.24) is 4.90 Å². The lowest BCUT2D eigenvalue weighted by molar-refractivity contribution is -0.119. The zero-order valence-electron chi connectivity index (χ0n) is 23.7. The Labute approximate surface area is 222 Å². The number of methoxy groups -OCH3 is 1.